The SMILES string of the molecule is CC(c1ccc(F)cc1)N1CCN(c2cc(Oc3ccnc4ccccc34)ncn2)CC1. The molecule has 1 atom stereocenters. The van der Waals surface area contributed by atoms with Gasteiger partial charge in [-0.05, 0) is 42.8 Å². The molecule has 32 heavy (non-hydrogen) atoms. The van der Waals surface area contributed by atoms with Gasteiger partial charge < -0.3 is 9.64 Å². The number of halogens is 1. The van der Waals surface area contributed by atoms with Gasteiger partial charge in [-0.2, -0.15) is 0 Å². The van der Waals surface area contributed by atoms with E-state index >= 15 is 0 Å². The van der Waals surface area contributed by atoms with Gasteiger partial charge in [0.25, 0.3) is 0 Å². The third-order valence-electron chi connectivity index (χ3n) is 5.99. The molecular weight excluding hydrogens is 405 g/mol. The van der Waals surface area contributed by atoms with Crippen molar-refractivity contribution in [2.75, 3.05) is 31.1 Å². The first-order chi connectivity index (χ1) is 15.7. The molecule has 0 radical (unpaired) electrons. The first-order valence-electron chi connectivity index (χ1n) is 10.8. The van der Waals surface area contributed by atoms with Gasteiger partial charge in [0.15, 0.2) is 0 Å². The average molecular weight is 429 g/mol. The monoisotopic (exact) mass is 429 g/mol. The van der Waals surface area contributed by atoms with E-state index in [0.29, 0.717) is 5.88 Å². The lowest BCUT2D eigenvalue weighted by molar-refractivity contribution is 0.198. The van der Waals surface area contributed by atoms with Crippen LogP contribution in [0.15, 0.2) is 73.2 Å². The smallest absolute Gasteiger partial charge is 0.224 e. The molecule has 4 aromatic rings. The summed E-state index contributed by atoms with van der Waals surface area (Å²) in [5.41, 5.74) is 2.01. The number of nitrogens with zero attached hydrogens (tertiary/aromatic N) is 5. The topological polar surface area (TPSA) is 54.4 Å². The first kappa shape index (κ1) is 20.3. The number of rotatable bonds is 5. The Balaban J connectivity index is 1.27. The largest absolute Gasteiger partial charge is 0.438 e. The molecule has 1 aliphatic heterocycles. The van der Waals surface area contributed by atoms with Crippen molar-refractivity contribution in [3.8, 4) is 11.6 Å². The fourth-order valence-electron chi connectivity index (χ4n) is 4.12. The summed E-state index contributed by atoms with van der Waals surface area (Å²) in [5.74, 6) is 1.88. The molecule has 0 bridgehead atoms. The third kappa shape index (κ3) is 4.24. The van der Waals surface area contributed by atoms with E-state index in [4.69, 9.17) is 4.74 Å². The van der Waals surface area contributed by atoms with E-state index in [1.807, 2.05) is 48.5 Å². The molecule has 162 valence electrons. The number of ether oxygens (including phenoxy) is 1. The second-order valence-corrected chi connectivity index (χ2v) is 7.89. The maximum Gasteiger partial charge on any atom is 0.224 e. The molecule has 0 N–H and O–H groups in total. The molecule has 5 rings (SSSR count). The van der Waals surface area contributed by atoms with Crippen molar-refractivity contribution in [1.29, 1.82) is 0 Å². The standard InChI is InChI=1S/C25H24FN5O/c1-18(19-6-8-20(26)9-7-19)30-12-14-31(15-13-30)24-16-25(29-17-28-24)32-23-10-11-27-22-5-3-2-4-21(22)23/h2-11,16-18H,12-15H2,1H3. The van der Waals surface area contributed by atoms with Crippen LogP contribution in [0.5, 0.6) is 11.6 Å². The zero-order chi connectivity index (χ0) is 21.9. The molecule has 6 nitrogen and oxygen atoms in total. The van der Waals surface area contributed by atoms with Crippen molar-refractivity contribution in [2.24, 2.45) is 0 Å². The Morgan fingerprint density at radius 1 is 0.906 bits per heavy atom. The van der Waals surface area contributed by atoms with Gasteiger partial charge in [-0.1, -0.05) is 24.3 Å². The van der Waals surface area contributed by atoms with Gasteiger partial charge in [-0.3, -0.25) is 9.88 Å². The molecular formula is C25H24FN5O. The maximum atomic E-state index is 13.2. The third-order valence-corrected chi connectivity index (χ3v) is 5.99. The molecule has 2 aromatic heterocycles. The van der Waals surface area contributed by atoms with E-state index in [-0.39, 0.29) is 11.9 Å². The van der Waals surface area contributed by atoms with E-state index in [1.54, 1.807) is 12.5 Å². The van der Waals surface area contributed by atoms with E-state index in [9.17, 15) is 4.39 Å². The number of fused-ring (bicyclic) bond motifs is 1. The van der Waals surface area contributed by atoms with Crippen LogP contribution in [-0.4, -0.2) is 46.0 Å². The Morgan fingerprint density at radius 2 is 1.69 bits per heavy atom. The van der Waals surface area contributed by atoms with Crippen molar-refractivity contribution in [3.63, 3.8) is 0 Å². The van der Waals surface area contributed by atoms with Crippen LogP contribution in [0, 0.1) is 5.82 Å². The molecule has 0 saturated carbocycles. The number of hydrogen-bond acceptors (Lipinski definition) is 6. The first-order valence-corrected chi connectivity index (χ1v) is 10.8. The highest BCUT2D eigenvalue weighted by Crippen LogP contribution is 2.29. The Labute approximate surface area is 186 Å². The summed E-state index contributed by atoms with van der Waals surface area (Å²) in [4.78, 5) is 17.8. The lowest BCUT2D eigenvalue weighted by Gasteiger charge is -2.38. The van der Waals surface area contributed by atoms with Gasteiger partial charge in [-0.25, -0.2) is 14.4 Å². The molecule has 1 fully saturated rings. The highest BCUT2D eigenvalue weighted by molar-refractivity contribution is 5.84. The van der Waals surface area contributed by atoms with Crippen LogP contribution >= 0.6 is 0 Å². The van der Waals surface area contributed by atoms with Gasteiger partial charge in [0.2, 0.25) is 5.88 Å². The summed E-state index contributed by atoms with van der Waals surface area (Å²) in [7, 11) is 0. The number of pyridine rings is 1. The molecule has 1 unspecified atom stereocenters. The van der Waals surface area contributed by atoms with Gasteiger partial charge in [0.05, 0.1) is 5.52 Å². The fraction of sp³-hybridized carbons (Fsp3) is 0.240. The van der Waals surface area contributed by atoms with Crippen LogP contribution in [0.25, 0.3) is 10.9 Å². The summed E-state index contributed by atoms with van der Waals surface area (Å²) in [6.07, 6.45) is 3.28. The van der Waals surface area contributed by atoms with Gasteiger partial charge in [-0.15, -0.1) is 0 Å². The molecule has 7 heteroatoms. The minimum Gasteiger partial charge on any atom is -0.438 e. The molecule has 0 aliphatic carbocycles. The van der Waals surface area contributed by atoms with Crippen molar-refractivity contribution in [2.45, 2.75) is 13.0 Å². The number of hydrogen-bond donors (Lipinski definition) is 0. The van der Waals surface area contributed by atoms with E-state index in [0.717, 1.165) is 54.2 Å². The summed E-state index contributed by atoms with van der Waals surface area (Å²) in [5, 5.41) is 0.943. The van der Waals surface area contributed by atoms with Gasteiger partial charge in [0, 0.05) is 49.9 Å². The predicted molar refractivity (Wildman–Crippen MR) is 122 cm³/mol. The Kier molecular flexibility index (Phi) is 5.64. The number of aromatic nitrogens is 3. The average Bonchev–Trinajstić information content (AvgIpc) is 2.85. The Hall–Kier alpha value is -3.58. The minimum absolute atomic E-state index is 0.202. The highest BCUT2D eigenvalue weighted by atomic mass is 19.1. The molecule has 0 spiro atoms. The van der Waals surface area contributed by atoms with Crippen LogP contribution in [0.2, 0.25) is 0 Å². The Morgan fingerprint density at radius 3 is 2.50 bits per heavy atom. The highest BCUT2D eigenvalue weighted by Gasteiger charge is 2.23. The second kappa shape index (κ2) is 8.88. The zero-order valence-corrected chi connectivity index (χ0v) is 17.9. The van der Waals surface area contributed by atoms with E-state index in [1.165, 1.54) is 12.1 Å². The predicted octanol–water partition coefficient (Wildman–Crippen LogP) is 4.84. The molecule has 2 aromatic carbocycles. The zero-order valence-electron chi connectivity index (χ0n) is 17.9. The maximum absolute atomic E-state index is 13.2. The van der Waals surface area contributed by atoms with Crippen LogP contribution in [-0.2, 0) is 0 Å². The lowest BCUT2D eigenvalue weighted by Crippen LogP contribution is -2.47. The number of para-hydroxylation sites is 1. The number of piperazine rings is 1. The van der Waals surface area contributed by atoms with Crippen molar-refractivity contribution < 1.29 is 9.13 Å². The van der Waals surface area contributed by atoms with E-state index < -0.39 is 0 Å². The van der Waals surface area contributed by atoms with Crippen molar-refractivity contribution >= 4 is 16.7 Å². The van der Waals surface area contributed by atoms with Crippen LogP contribution in [0.1, 0.15) is 18.5 Å². The molecule has 3 heterocycles. The van der Waals surface area contributed by atoms with Crippen molar-refractivity contribution in [1.82, 2.24) is 19.9 Å². The normalized spacial score (nSPS) is 15.6. The lowest BCUT2D eigenvalue weighted by atomic mass is 10.1. The number of anilines is 1. The summed E-state index contributed by atoms with van der Waals surface area (Å²) in [6, 6.07) is 18.6. The number of benzene rings is 2. The second-order valence-electron chi connectivity index (χ2n) is 7.89. The summed E-state index contributed by atoms with van der Waals surface area (Å²) >= 11 is 0. The van der Waals surface area contributed by atoms with Crippen LogP contribution < -0.4 is 9.64 Å². The van der Waals surface area contributed by atoms with Crippen LogP contribution in [0.3, 0.4) is 0 Å². The Bertz CT molecular complexity index is 1200. The van der Waals surface area contributed by atoms with Crippen molar-refractivity contribution in [3.05, 3.63) is 84.6 Å². The molecule has 1 aliphatic rings. The minimum atomic E-state index is -0.202. The quantitative estimate of drug-likeness (QED) is 0.453. The summed E-state index contributed by atoms with van der Waals surface area (Å²) < 4.78 is 19.3. The molecule has 0 amide bonds. The molecule has 1 saturated heterocycles. The van der Waals surface area contributed by atoms with E-state index in [2.05, 4.69) is 31.7 Å². The summed E-state index contributed by atoms with van der Waals surface area (Å²) in [6.45, 7) is 5.65. The fourth-order valence-corrected chi connectivity index (χ4v) is 4.12. The van der Waals surface area contributed by atoms with Gasteiger partial charge in [0.1, 0.15) is 23.7 Å². The van der Waals surface area contributed by atoms with Crippen LogP contribution in [0.4, 0.5) is 10.2 Å². The van der Waals surface area contributed by atoms with Gasteiger partial charge >= 0.3 is 0 Å².